The Hall–Kier alpha value is -4.22. The molecule has 1 saturated heterocycles. The van der Waals surface area contributed by atoms with E-state index in [1.54, 1.807) is 48.5 Å². The Labute approximate surface area is 247 Å². The molecule has 3 aromatic carbocycles. The van der Waals surface area contributed by atoms with Gasteiger partial charge < -0.3 is 24.3 Å². The third-order valence-corrected chi connectivity index (χ3v) is 7.60. The number of anilines is 1. The van der Waals surface area contributed by atoms with Gasteiger partial charge in [0.05, 0.1) is 27.2 Å². The van der Waals surface area contributed by atoms with Crippen molar-refractivity contribution in [3.63, 3.8) is 0 Å². The molecule has 0 aliphatic carbocycles. The van der Waals surface area contributed by atoms with E-state index in [1.807, 2.05) is 12.1 Å². The quantitative estimate of drug-likeness (QED) is 0.256. The molecule has 10 nitrogen and oxygen atoms in total. The maximum Gasteiger partial charge on any atom is 0.294 e. The Kier molecular flexibility index (Phi) is 8.13. The Morgan fingerprint density at radius 1 is 1.18 bits per heavy atom. The zero-order valence-corrected chi connectivity index (χ0v) is 23.9. The van der Waals surface area contributed by atoms with Crippen molar-refractivity contribution >= 4 is 63.2 Å². The highest BCUT2D eigenvalue weighted by Gasteiger charge is 2.36. The van der Waals surface area contributed by atoms with E-state index in [0.717, 1.165) is 22.2 Å². The number of hydrogen-bond donors (Lipinski definition) is 1. The normalized spacial score (nSPS) is 14.8. The number of methoxy groups -OCH3 is 1. The number of benzene rings is 3. The van der Waals surface area contributed by atoms with Crippen LogP contribution in [0.15, 0.2) is 59.5 Å². The second-order valence-corrected chi connectivity index (χ2v) is 10.6. The number of amides is 3. The summed E-state index contributed by atoms with van der Waals surface area (Å²) < 4.78 is 22.8. The van der Waals surface area contributed by atoms with Crippen LogP contribution in [-0.4, -0.2) is 42.4 Å². The second kappa shape index (κ2) is 11.9. The van der Waals surface area contributed by atoms with Gasteiger partial charge in [-0.25, -0.2) is 0 Å². The lowest BCUT2D eigenvalue weighted by Gasteiger charge is -2.14. The Morgan fingerprint density at radius 3 is 2.77 bits per heavy atom. The molecule has 3 aromatic rings. The average molecular weight is 669 g/mol. The molecule has 0 saturated carbocycles. The molecule has 2 aliphatic heterocycles. The van der Waals surface area contributed by atoms with Crippen LogP contribution in [0.1, 0.15) is 16.7 Å². The minimum Gasteiger partial charge on any atom is -0.493 e. The Balaban J connectivity index is 1.27. The van der Waals surface area contributed by atoms with Crippen LogP contribution < -0.4 is 24.3 Å². The van der Waals surface area contributed by atoms with Gasteiger partial charge >= 0.3 is 0 Å². The van der Waals surface area contributed by atoms with E-state index in [2.05, 4.69) is 34.0 Å². The van der Waals surface area contributed by atoms with E-state index in [9.17, 15) is 19.6 Å². The number of nitrogens with zero attached hydrogens (tertiary/aromatic N) is 2. The predicted molar refractivity (Wildman–Crippen MR) is 155 cm³/mol. The first-order valence-electron chi connectivity index (χ1n) is 11.8. The first kappa shape index (κ1) is 27.4. The molecule has 12 heteroatoms. The molecule has 202 valence electrons. The van der Waals surface area contributed by atoms with Gasteiger partial charge in [0, 0.05) is 17.3 Å². The SMILES string of the molecule is COc1cc(/C=C2/SC(=O)N(CC(=O)Nc3ccc4c(c3)OCO4)C2=O)cc(I)c1OCc1ccccc1C#N. The van der Waals surface area contributed by atoms with Crippen LogP contribution in [0.3, 0.4) is 0 Å². The molecule has 3 amide bonds. The first-order chi connectivity index (χ1) is 19.4. The second-order valence-electron chi connectivity index (χ2n) is 8.48. The fourth-order valence-corrected chi connectivity index (χ4v) is 5.59. The van der Waals surface area contributed by atoms with Gasteiger partial charge in [0.2, 0.25) is 12.7 Å². The average Bonchev–Trinajstić information content (AvgIpc) is 3.51. The molecule has 0 spiro atoms. The Bertz CT molecular complexity index is 1600. The van der Waals surface area contributed by atoms with Gasteiger partial charge in [-0.05, 0) is 76.3 Å². The highest BCUT2D eigenvalue weighted by Crippen LogP contribution is 2.38. The first-order valence-corrected chi connectivity index (χ1v) is 13.7. The summed E-state index contributed by atoms with van der Waals surface area (Å²) in [6.45, 7) is -0.162. The monoisotopic (exact) mass is 669 g/mol. The molecular weight excluding hydrogens is 649 g/mol. The summed E-state index contributed by atoms with van der Waals surface area (Å²) in [7, 11) is 1.50. The molecule has 0 atom stereocenters. The van der Waals surface area contributed by atoms with Crippen molar-refractivity contribution in [2.45, 2.75) is 6.61 Å². The summed E-state index contributed by atoms with van der Waals surface area (Å²) in [5.41, 5.74) is 2.33. The number of imide groups is 1. The number of carbonyl (C=O) groups is 3. The molecule has 0 bridgehead atoms. The molecule has 2 aliphatic rings. The fourth-order valence-electron chi connectivity index (χ4n) is 3.97. The number of halogens is 1. The van der Waals surface area contributed by atoms with Crippen molar-refractivity contribution < 1.29 is 33.3 Å². The molecule has 1 N–H and O–H groups in total. The Morgan fingerprint density at radius 2 is 1.98 bits per heavy atom. The van der Waals surface area contributed by atoms with Gasteiger partial charge in [-0.15, -0.1) is 0 Å². The molecule has 40 heavy (non-hydrogen) atoms. The lowest BCUT2D eigenvalue weighted by Crippen LogP contribution is -2.36. The number of rotatable bonds is 8. The van der Waals surface area contributed by atoms with E-state index in [0.29, 0.717) is 43.4 Å². The van der Waals surface area contributed by atoms with Gasteiger partial charge in [-0.2, -0.15) is 5.26 Å². The molecule has 2 heterocycles. The molecule has 0 unspecified atom stereocenters. The van der Waals surface area contributed by atoms with Gasteiger partial charge in [-0.1, -0.05) is 18.2 Å². The van der Waals surface area contributed by atoms with Crippen molar-refractivity contribution in [1.82, 2.24) is 4.90 Å². The van der Waals surface area contributed by atoms with Crippen LogP contribution in [0.4, 0.5) is 10.5 Å². The number of fused-ring (bicyclic) bond motifs is 1. The van der Waals surface area contributed by atoms with Gasteiger partial charge in [0.25, 0.3) is 11.1 Å². The summed E-state index contributed by atoms with van der Waals surface area (Å²) in [6, 6.07) is 17.7. The lowest BCUT2D eigenvalue weighted by atomic mass is 10.1. The predicted octanol–water partition coefficient (Wildman–Crippen LogP) is 5.15. The van der Waals surface area contributed by atoms with Crippen LogP contribution in [-0.2, 0) is 16.2 Å². The molecule has 5 rings (SSSR count). The highest BCUT2D eigenvalue weighted by atomic mass is 127. The van der Waals surface area contributed by atoms with Crippen LogP contribution >= 0.6 is 34.4 Å². The maximum atomic E-state index is 13.0. The molecule has 1 fully saturated rings. The molecular formula is C28H20IN3O7S. The number of nitriles is 1. The number of thioether (sulfide) groups is 1. The number of hydrogen-bond acceptors (Lipinski definition) is 9. The van der Waals surface area contributed by atoms with Crippen LogP contribution in [0.5, 0.6) is 23.0 Å². The van der Waals surface area contributed by atoms with Gasteiger partial charge in [-0.3, -0.25) is 19.3 Å². The summed E-state index contributed by atoms with van der Waals surface area (Å²) in [4.78, 5) is 39.2. The van der Waals surface area contributed by atoms with E-state index in [1.165, 1.54) is 7.11 Å². The fraction of sp³-hybridized carbons (Fsp3) is 0.143. The highest BCUT2D eigenvalue weighted by molar-refractivity contribution is 14.1. The van der Waals surface area contributed by atoms with Crippen LogP contribution in [0.25, 0.3) is 6.08 Å². The third kappa shape index (κ3) is 5.85. The van der Waals surface area contributed by atoms with Gasteiger partial charge in [0.15, 0.2) is 23.0 Å². The van der Waals surface area contributed by atoms with E-state index in [-0.39, 0.29) is 18.3 Å². The third-order valence-electron chi connectivity index (χ3n) is 5.89. The lowest BCUT2D eigenvalue weighted by molar-refractivity contribution is -0.127. The molecule has 0 radical (unpaired) electrons. The summed E-state index contributed by atoms with van der Waals surface area (Å²) in [5.74, 6) is 0.886. The van der Waals surface area contributed by atoms with Crippen molar-refractivity contribution in [2.24, 2.45) is 0 Å². The number of ether oxygens (including phenoxy) is 4. The van der Waals surface area contributed by atoms with Crippen molar-refractivity contribution in [1.29, 1.82) is 5.26 Å². The largest absolute Gasteiger partial charge is 0.493 e. The number of carbonyl (C=O) groups excluding carboxylic acids is 3. The maximum absolute atomic E-state index is 13.0. The topological polar surface area (TPSA) is 127 Å². The minimum atomic E-state index is -0.571. The van der Waals surface area contributed by atoms with E-state index >= 15 is 0 Å². The summed E-state index contributed by atoms with van der Waals surface area (Å²) in [5, 5.41) is 11.4. The summed E-state index contributed by atoms with van der Waals surface area (Å²) in [6.07, 6.45) is 1.57. The number of nitrogens with one attached hydrogen (secondary N) is 1. The molecule has 0 aromatic heterocycles. The van der Waals surface area contributed by atoms with E-state index in [4.69, 9.17) is 18.9 Å². The minimum absolute atomic E-state index is 0.105. The van der Waals surface area contributed by atoms with Gasteiger partial charge in [0.1, 0.15) is 13.2 Å². The standard InChI is InChI=1S/C28H20IN3O7S/c1-36-23-9-16(8-20(29)26(23)37-14-18-5-3-2-4-17(18)12-30)10-24-27(34)32(28(35)40-24)13-25(33)31-19-6-7-21-22(11-19)39-15-38-21/h2-11H,13-15H2,1H3,(H,31,33)/b24-10+. The van der Waals surface area contributed by atoms with Crippen LogP contribution in [0.2, 0.25) is 0 Å². The zero-order valence-electron chi connectivity index (χ0n) is 20.9. The van der Waals surface area contributed by atoms with Crippen molar-refractivity contribution in [3.8, 4) is 29.1 Å². The zero-order chi connectivity index (χ0) is 28.2. The van der Waals surface area contributed by atoms with Crippen molar-refractivity contribution in [2.75, 3.05) is 25.8 Å². The van der Waals surface area contributed by atoms with Crippen molar-refractivity contribution in [3.05, 3.63) is 79.8 Å². The smallest absolute Gasteiger partial charge is 0.294 e. The van der Waals surface area contributed by atoms with Crippen LogP contribution in [0, 0.1) is 14.9 Å². The summed E-state index contributed by atoms with van der Waals surface area (Å²) >= 11 is 2.85. The van der Waals surface area contributed by atoms with E-state index < -0.39 is 23.6 Å².